The van der Waals surface area contributed by atoms with E-state index in [1.165, 1.54) is 0 Å². The number of amides is 4. The number of halogens is 1. The second-order valence-electron chi connectivity index (χ2n) is 14.1. The molecule has 0 saturated carbocycles. The molecule has 2 fully saturated rings. The largest absolute Gasteiger partial charge is 0.484 e. The highest BCUT2D eigenvalue weighted by Crippen LogP contribution is 2.45. The van der Waals surface area contributed by atoms with E-state index < -0.39 is 47.2 Å². The van der Waals surface area contributed by atoms with Crippen LogP contribution in [0.2, 0.25) is 5.02 Å². The number of aliphatic imine (C=N–C) groups is 1. The van der Waals surface area contributed by atoms with Crippen LogP contribution in [-0.4, -0.2) is 79.5 Å². The third kappa shape index (κ3) is 4.84. The van der Waals surface area contributed by atoms with Crippen molar-refractivity contribution in [2.75, 3.05) is 13.1 Å². The Morgan fingerprint density at radius 3 is 2.46 bits per heavy atom. The van der Waals surface area contributed by atoms with Crippen molar-refractivity contribution in [2.45, 2.75) is 64.1 Å². The van der Waals surface area contributed by atoms with Gasteiger partial charge in [-0.25, -0.2) is 0 Å². The van der Waals surface area contributed by atoms with E-state index in [0.717, 1.165) is 37.2 Å². The second kappa shape index (κ2) is 11.7. The van der Waals surface area contributed by atoms with E-state index in [2.05, 4.69) is 34.7 Å². The number of carbonyl (C=O) groups is 5. The Hall–Kier alpha value is -5.05. The topological polar surface area (TPSA) is 165 Å². The van der Waals surface area contributed by atoms with Crippen molar-refractivity contribution in [1.82, 2.24) is 30.3 Å². The molecule has 1 spiro atoms. The first-order chi connectivity index (χ1) is 24.9. The minimum Gasteiger partial charge on any atom is -0.484 e. The number of imide groups is 2. The zero-order valence-electron chi connectivity index (χ0n) is 28.4. The van der Waals surface area contributed by atoms with Gasteiger partial charge in [-0.1, -0.05) is 23.7 Å². The van der Waals surface area contributed by atoms with Gasteiger partial charge in [-0.2, -0.15) is 0 Å². The van der Waals surface area contributed by atoms with Gasteiger partial charge in [0.25, 0.3) is 11.8 Å². The Morgan fingerprint density at radius 2 is 1.77 bits per heavy atom. The number of aryl methyl sites for hydroxylation is 2. The van der Waals surface area contributed by atoms with E-state index >= 15 is 0 Å². The molecule has 13 nitrogen and oxygen atoms in total. The number of carbonyl (C=O) groups excluding carboxylic acids is 5. The molecule has 7 heterocycles. The first-order valence-electron chi connectivity index (χ1n) is 17.1. The lowest BCUT2D eigenvalue weighted by Gasteiger charge is -2.50. The average Bonchev–Trinajstić information content (AvgIpc) is 3.67. The Kier molecular flexibility index (Phi) is 7.41. The highest BCUT2D eigenvalue weighted by molar-refractivity contribution is 7.15. The molecule has 3 atom stereocenters. The lowest BCUT2D eigenvalue weighted by atomic mass is 9.72. The van der Waals surface area contributed by atoms with Crippen LogP contribution in [0.5, 0.6) is 5.75 Å². The van der Waals surface area contributed by atoms with Crippen molar-refractivity contribution in [1.29, 1.82) is 0 Å². The van der Waals surface area contributed by atoms with Crippen molar-refractivity contribution in [3.05, 3.63) is 91.3 Å². The maximum atomic E-state index is 14.7. The van der Waals surface area contributed by atoms with Gasteiger partial charge < -0.3 is 10.1 Å². The summed E-state index contributed by atoms with van der Waals surface area (Å²) in [6.07, 6.45) is 0.388. The van der Waals surface area contributed by atoms with Gasteiger partial charge >= 0.3 is 0 Å². The number of ether oxygens (including phenoxy) is 1. The summed E-state index contributed by atoms with van der Waals surface area (Å²) in [6, 6.07) is 8.94. The van der Waals surface area contributed by atoms with Gasteiger partial charge in [0.15, 0.2) is 5.82 Å². The van der Waals surface area contributed by atoms with Crippen LogP contribution in [0.3, 0.4) is 0 Å². The minimum atomic E-state index is -1.08. The first-order valence-corrected chi connectivity index (χ1v) is 18.3. The Balaban J connectivity index is 1.07. The van der Waals surface area contributed by atoms with Crippen molar-refractivity contribution in [2.24, 2.45) is 10.9 Å². The summed E-state index contributed by atoms with van der Waals surface area (Å²) in [7, 11) is 0. The molecule has 0 aliphatic carbocycles. The van der Waals surface area contributed by atoms with E-state index in [1.807, 2.05) is 35.8 Å². The number of aromatic nitrogens is 3. The standard InChI is InChI=1S/C37H32ClN7O6S/c1-16-17(2)52-36-30(16)31(19-4-6-21(38)7-5-19)40-25(32-43-42-18(3)44(32)36)13-27(46)24-11-20-10-22-23(12-28(20)51-37(24)14-39-15-37)35(50)45(34(22)49)26-8-9-29(47)41-33(26)48/h4-7,10,12,24-26,39H,8-9,11,13-15H2,1-3H3,(H,41,47,48)/t24?,25-,26?/m0/s1. The number of rotatable bonds is 5. The molecular weight excluding hydrogens is 706 g/mol. The predicted molar refractivity (Wildman–Crippen MR) is 189 cm³/mol. The molecule has 2 saturated heterocycles. The fourth-order valence-corrected chi connectivity index (χ4v) is 9.39. The molecule has 52 heavy (non-hydrogen) atoms. The quantitative estimate of drug-likeness (QED) is 0.290. The van der Waals surface area contributed by atoms with Crippen molar-refractivity contribution < 1.29 is 28.7 Å². The molecular formula is C37H32ClN7O6S. The summed E-state index contributed by atoms with van der Waals surface area (Å²) >= 11 is 7.91. The van der Waals surface area contributed by atoms with E-state index in [9.17, 15) is 24.0 Å². The summed E-state index contributed by atoms with van der Waals surface area (Å²) < 4.78 is 8.61. The summed E-state index contributed by atoms with van der Waals surface area (Å²) in [6.45, 7) is 6.88. The number of nitrogens with one attached hydrogen (secondary N) is 2. The zero-order chi connectivity index (χ0) is 36.2. The van der Waals surface area contributed by atoms with Gasteiger partial charge in [0, 0.05) is 47.0 Å². The van der Waals surface area contributed by atoms with Gasteiger partial charge in [-0.15, -0.1) is 21.5 Å². The minimum absolute atomic E-state index is 0.0261. The Labute approximate surface area is 306 Å². The molecule has 2 N–H and O–H groups in total. The number of hydrogen-bond acceptors (Lipinski definition) is 11. The molecule has 4 aromatic rings. The molecule has 264 valence electrons. The fourth-order valence-electron chi connectivity index (χ4n) is 8.05. The van der Waals surface area contributed by atoms with Crippen LogP contribution in [0.25, 0.3) is 5.00 Å². The van der Waals surface area contributed by atoms with Crippen molar-refractivity contribution >= 4 is 58.1 Å². The molecule has 0 bridgehead atoms. The molecule has 4 amide bonds. The van der Waals surface area contributed by atoms with Crippen LogP contribution in [0.1, 0.15) is 84.8 Å². The van der Waals surface area contributed by atoms with Crippen LogP contribution >= 0.6 is 22.9 Å². The summed E-state index contributed by atoms with van der Waals surface area (Å²) in [5.74, 6) is -1.31. The third-order valence-electron chi connectivity index (χ3n) is 11.0. The van der Waals surface area contributed by atoms with Crippen LogP contribution in [0.15, 0.2) is 41.4 Å². The lowest BCUT2D eigenvalue weighted by molar-refractivity contribution is -0.137. The second-order valence-corrected chi connectivity index (χ2v) is 15.7. The van der Waals surface area contributed by atoms with Crippen LogP contribution in [0, 0.1) is 26.7 Å². The number of nitrogens with zero attached hydrogens (tertiary/aromatic N) is 5. The number of ketones is 1. The van der Waals surface area contributed by atoms with E-state index in [-0.39, 0.29) is 42.6 Å². The zero-order valence-corrected chi connectivity index (χ0v) is 30.0. The van der Waals surface area contributed by atoms with Crippen molar-refractivity contribution in [3.8, 4) is 10.8 Å². The van der Waals surface area contributed by atoms with Crippen LogP contribution < -0.4 is 15.4 Å². The normalized spacial score (nSPS) is 22.8. The fraction of sp³-hybridized carbons (Fsp3) is 0.351. The number of benzene rings is 2. The van der Waals surface area contributed by atoms with E-state index in [0.29, 0.717) is 41.1 Å². The molecule has 0 radical (unpaired) electrons. The molecule has 2 unspecified atom stereocenters. The van der Waals surface area contributed by atoms with Gasteiger partial charge in [0.1, 0.15) is 40.0 Å². The summed E-state index contributed by atoms with van der Waals surface area (Å²) in [5, 5.41) is 16.0. The number of hydrogen-bond donors (Lipinski definition) is 2. The van der Waals surface area contributed by atoms with Gasteiger partial charge in [0.2, 0.25) is 11.8 Å². The Bertz CT molecular complexity index is 2320. The van der Waals surface area contributed by atoms with Gasteiger partial charge in [-0.05, 0) is 69.0 Å². The molecule has 5 aliphatic rings. The maximum Gasteiger partial charge on any atom is 0.262 e. The molecule has 9 rings (SSSR count). The average molecular weight is 738 g/mol. The predicted octanol–water partition coefficient (Wildman–Crippen LogP) is 3.75. The van der Waals surface area contributed by atoms with Gasteiger partial charge in [-0.3, -0.25) is 43.7 Å². The number of piperidine rings is 1. The number of Topliss-reactive ketones (excluding diaryl/α,β-unsaturated/α-hetero) is 1. The first kappa shape index (κ1) is 32.8. The van der Waals surface area contributed by atoms with Crippen molar-refractivity contribution in [3.63, 3.8) is 0 Å². The molecule has 5 aliphatic heterocycles. The molecule has 15 heteroatoms. The number of thiophene rings is 1. The molecule has 2 aromatic heterocycles. The van der Waals surface area contributed by atoms with Crippen LogP contribution in [-0.2, 0) is 20.8 Å². The van der Waals surface area contributed by atoms with E-state index in [4.69, 9.17) is 21.3 Å². The van der Waals surface area contributed by atoms with E-state index in [1.54, 1.807) is 23.5 Å². The monoisotopic (exact) mass is 737 g/mol. The summed E-state index contributed by atoms with van der Waals surface area (Å²) in [5.41, 5.74) is 3.72. The smallest absolute Gasteiger partial charge is 0.262 e. The SMILES string of the molecule is Cc1sc2c(c1C)C(c1ccc(Cl)cc1)=N[C@@H](CC(=O)C1Cc3cc4c(cc3OC13CNC3)C(=O)N(C1CCC(=O)NC1=O)C4=O)c1nnc(C)n1-2. The Morgan fingerprint density at radius 1 is 1.04 bits per heavy atom. The highest BCUT2D eigenvalue weighted by Gasteiger charge is 2.54. The summed E-state index contributed by atoms with van der Waals surface area (Å²) in [4.78, 5) is 73.5. The lowest BCUT2D eigenvalue weighted by Crippen LogP contribution is -2.70. The highest BCUT2D eigenvalue weighted by atomic mass is 35.5. The molecule has 2 aromatic carbocycles. The van der Waals surface area contributed by atoms with Gasteiger partial charge in [0.05, 0.1) is 22.8 Å². The third-order valence-corrected chi connectivity index (χ3v) is 12.4. The maximum absolute atomic E-state index is 14.7. The van der Waals surface area contributed by atoms with Crippen LogP contribution in [0.4, 0.5) is 0 Å². The number of fused-ring (bicyclic) bond motifs is 5.